The number of aromatic nitrogens is 1. The Hall–Kier alpha value is -3.86. The Labute approximate surface area is 174 Å². The van der Waals surface area contributed by atoms with Gasteiger partial charge < -0.3 is 13.9 Å². The Morgan fingerprint density at radius 2 is 1.73 bits per heavy atom. The first-order chi connectivity index (χ1) is 14.6. The van der Waals surface area contributed by atoms with Gasteiger partial charge in [-0.05, 0) is 43.3 Å². The first-order valence-electron chi connectivity index (χ1n) is 9.50. The number of rotatable bonds is 6. The summed E-state index contributed by atoms with van der Waals surface area (Å²) in [6, 6.07) is 20.2. The van der Waals surface area contributed by atoms with Crippen LogP contribution in [0.5, 0.6) is 11.5 Å². The van der Waals surface area contributed by atoms with E-state index in [4.69, 9.17) is 13.9 Å². The summed E-state index contributed by atoms with van der Waals surface area (Å²) >= 11 is 0. The van der Waals surface area contributed by atoms with E-state index in [1.807, 2.05) is 49.4 Å². The van der Waals surface area contributed by atoms with Gasteiger partial charge in [-0.15, -0.1) is 0 Å². The van der Waals surface area contributed by atoms with E-state index in [1.54, 1.807) is 44.6 Å². The number of benzene rings is 3. The molecule has 4 aromatic rings. The smallest absolute Gasteiger partial charge is 0.231 e. The fourth-order valence-electron chi connectivity index (χ4n) is 3.18. The number of hydrogen-bond acceptors (Lipinski definition) is 5. The van der Waals surface area contributed by atoms with E-state index in [-0.39, 0.29) is 11.7 Å². The molecular formula is C25H21NO4. The second-order valence-electron chi connectivity index (χ2n) is 6.85. The molecule has 0 atom stereocenters. The lowest BCUT2D eigenvalue weighted by atomic mass is 9.99. The first-order valence-corrected chi connectivity index (χ1v) is 9.50. The molecule has 0 radical (unpaired) electrons. The summed E-state index contributed by atoms with van der Waals surface area (Å²) in [5, 5.41) is 0. The molecule has 0 N–H and O–H groups in total. The molecule has 4 rings (SSSR count). The molecule has 0 aliphatic rings. The third-order valence-electron chi connectivity index (χ3n) is 4.82. The van der Waals surface area contributed by atoms with Crippen molar-refractivity contribution in [3.63, 3.8) is 0 Å². The molecule has 3 aromatic carbocycles. The summed E-state index contributed by atoms with van der Waals surface area (Å²) in [5.41, 5.74) is 3.96. The van der Waals surface area contributed by atoms with Crippen LogP contribution in [0.25, 0.3) is 22.7 Å². The standard InChI is InChI=1S/C25H21NO4/c1-16-8-10-17(11-9-16)24(27)20(25-26-21-6-4-5-7-23(21)30-25)15-18-14-19(28-2)12-13-22(18)29-3/h4-15H,1-3H3/b20-15-. The van der Waals surface area contributed by atoms with E-state index in [0.29, 0.717) is 39.3 Å². The average Bonchev–Trinajstić information content (AvgIpc) is 3.21. The summed E-state index contributed by atoms with van der Waals surface area (Å²) in [4.78, 5) is 18.0. The molecule has 0 saturated carbocycles. The normalized spacial score (nSPS) is 11.5. The molecule has 0 fully saturated rings. The summed E-state index contributed by atoms with van der Waals surface area (Å²) in [6.45, 7) is 1.98. The molecule has 0 unspecified atom stereocenters. The van der Waals surface area contributed by atoms with Gasteiger partial charge in [0.1, 0.15) is 17.0 Å². The zero-order chi connectivity index (χ0) is 21.1. The predicted molar refractivity (Wildman–Crippen MR) is 117 cm³/mol. The summed E-state index contributed by atoms with van der Waals surface area (Å²) < 4.78 is 16.7. The maximum Gasteiger partial charge on any atom is 0.231 e. The van der Waals surface area contributed by atoms with Crippen LogP contribution >= 0.6 is 0 Å². The van der Waals surface area contributed by atoms with E-state index in [0.717, 1.165) is 5.56 Å². The highest BCUT2D eigenvalue weighted by atomic mass is 16.5. The van der Waals surface area contributed by atoms with Crippen LogP contribution in [0.1, 0.15) is 27.4 Å². The van der Waals surface area contributed by atoms with Crippen LogP contribution in [-0.2, 0) is 0 Å². The number of para-hydroxylation sites is 2. The van der Waals surface area contributed by atoms with Gasteiger partial charge in [0, 0.05) is 11.1 Å². The molecule has 5 nitrogen and oxygen atoms in total. The summed E-state index contributed by atoms with van der Waals surface area (Å²) in [6.07, 6.45) is 1.73. The second kappa shape index (κ2) is 8.25. The molecule has 0 aliphatic heterocycles. The number of carbonyl (C=O) groups excluding carboxylic acids is 1. The lowest BCUT2D eigenvalue weighted by Gasteiger charge is -2.09. The molecule has 0 amide bonds. The fraction of sp³-hybridized carbons (Fsp3) is 0.120. The van der Waals surface area contributed by atoms with Gasteiger partial charge >= 0.3 is 0 Å². The van der Waals surface area contributed by atoms with Crippen LogP contribution in [0.3, 0.4) is 0 Å². The molecule has 5 heteroatoms. The van der Waals surface area contributed by atoms with Crippen molar-refractivity contribution in [2.75, 3.05) is 14.2 Å². The number of fused-ring (bicyclic) bond motifs is 1. The topological polar surface area (TPSA) is 61.6 Å². The Morgan fingerprint density at radius 3 is 2.43 bits per heavy atom. The van der Waals surface area contributed by atoms with Crippen molar-refractivity contribution in [3.8, 4) is 11.5 Å². The highest BCUT2D eigenvalue weighted by Crippen LogP contribution is 2.31. The molecule has 1 heterocycles. The van der Waals surface area contributed by atoms with Crippen molar-refractivity contribution in [1.82, 2.24) is 4.98 Å². The third kappa shape index (κ3) is 3.82. The van der Waals surface area contributed by atoms with E-state index in [1.165, 1.54) is 0 Å². The minimum atomic E-state index is -0.188. The van der Waals surface area contributed by atoms with Crippen molar-refractivity contribution in [1.29, 1.82) is 0 Å². The number of oxazole rings is 1. The molecule has 30 heavy (non-hydrogen) atoms. The van der Waals surface area contributed by atoms with Gasteiger partial charge in [-0.2, -0.15) is 0 Å². The molecule has 0 spiro atoms. The maximum atomic E-state index is 13.5. The highest BCUT2D eigenvalue weighted by molar-refractivity contribution is 6.31. The van der Waals surface area contributed by atoms with Crippen LogP contribution in [0, 0.1) is 6.92 Å². The highest BCUT2D eigenvalue weighted by Gasteiger charge is 2.21. The van der Waals surface area contributed by atoms with Crippen LogP contribution < -0.4 is 9.47 Å². The molecule has 0 bridgehead atoms. The van der Waals surface area contributed by atoms with E-state index in [9.17, 15) is 4.79 Å². The number of nitrogens with zero attached hydrogens (tertiary/aromatic N) is 1. The minimum Gasteiger partial charge on any atom is -0.497 e. The number of methoxy groups -OCH3 is 2. The largest absolute Gasteiger partial charge is 0.497 e. The number of ether oxygens (including phenoxy) is 2. The van der Waals surface area contributed by atoms with Crippen molar-refractivity contribution in [2.24, 2.45) is 0 Å². The van der Waals surface area contributed by atoms with Crippen molar-refractivity contribution in [2.45, 2.75) is 6.92 Å². The van der Waals surface area contributed by atoms with Crippen LogP contribution in [0.15, 0.2) is 71.1 Å². The lowest BCUT2D eigenvalue weighted by Crippen LogP contribution is -2.04. The Morgan fingerprint density at radius 1 is 0.967 bits per heavy atom. The SMILES string of the molecule is COc1ccc(OC)c(/C=C(/C(=O)c2ccc(C)cc2)c2nc3ccccc3o2)c1. The van der Waals surface area contributed by atoms with Crippen LogP contribution in [-0.4, -0.2) is 25.0 Å². The maximum absolute atomic E-state index is 13.5. The van der Waals surface area contributed by atoms with Gasteiger partial charge in [-0.3, -0.25) is 4.79 Å². The van der Waals surface area contributed by atoms with Gasteiger partial charge in [-0.25, -0.2) is 4.98 Å². The molecule has 150 valence electrons. The van der Waals surface area contributed by atoms with Gasteiger partial charge in [0.2, 0.25) is 5.89 Å². The Kier molecular flexibility index (Phi) is 5.35. The number of ketones is 1. The van der Waals surface area contributed by atoms with Crippen molar-refractivity contribution < 1.29 is 18.7 Å². The molecule has 0 aliphatic carbocycles. The van der Waals surface area contributed by atoms with Gasteiger partial charge in [0.25, 0.3) is 0 Å². The molecule has 1 aromatic heterocycles. The number of carbonyl (C=O) groups is 1. The first kappa shape index (κ1) is 19.5. The zero-order valence-corrected chi connectivity index (χ0v) is 17.0. The fourth-order valence-corrected chi connectivity index (χ4v) is 3.18. The third-order valence-corrected chi connectivity index (χ3v) is 4.82. The zero-order valence-electron chi connectivity index (χ0n) is 17.0. The average molecular weight is 399 g/mol. The molecular weight excluding hydrogens is 378 g/mol. The quantitative estimate of drug-likeness (QED) is 0.313. The monoisotopic (exact) mass is 399 g/mol. The Balaban J connectivity index is 1.90. The molecule has 0 saturated heterocycles. The number of allylic oxidation sites excluding steroid dienone is 1. The van der Waals surface area contributed by atoms with E-state index >= 15 is 0 Å². The van der Waals surface area contributed by atoms with Crippen LogP contribution in [0.4, 0.5) is 0 Å². The second-order valence-corrected chi connectivity index (χ2v) is 6.85. The number of hydrogen-bond donors (Lipinski definition) is 0. The van der Waals surface area contributed by atoms with E-state index in [2.05, 4.69) is 4.98 Å². The van der Waals surface area contributed by atoms with Crippen molar-refractivity contribution >= 4 is 28.5 Å². The lowest BCUT2D eigenvalue weighted by molar-refractivity contribution is 0.105. The summed E-state index contributed by atoms with van der Waals surface area (Å²) in [5.74, 6) is 1.33. The van der Waals surface area contributed by atoms with Crippen LogP contribution in [0.2, 0.25) is 0 Å². The summed E-state index contributed by atoms with van der Waals surface area (Å²) in [7, 11) is 3.18. The number of Topliss-reactive ketones (excluding diaryl/α,β-unsaturated/α-hetero) is 1. The van der Waals surface area contributed by atoms with Gasteiger partial charge in [0.15, 0.2) is 11.4 Å². The van der Waals surface area contributed by atoms with E-state index < -0.39 is 0 Å². The van der Waals surface area contributed by atoms with Gasteiger partial charge in [0.05, 0.1) is 19.8 Å². The predicted octanol–water partition coefficient (Wildman–Crippen LogP) is 5.58. The van der Waals surface area contributed by atoms with Gasteiger partial charge in [-0.1, -0.05) is 42.0 Å². The van der Waals surface area contributed by atoms with Crippen molar-refractivity contribution in [3.05, 3.63) is 89.3 Å². The minimum absolute atomic E-state index is 0.188. The number of aryl methyl sites for hydroxylation is 1. The Bertz CT molecular complexity index is 1200.